The third-order valence-electron chi connectivity index (χ3n) is 3.09. The van der Waals surface area contributed by atoms with Crippen molar-refractivity contribution >= 4 is 33.6 Å². The first-order valence-electron chi connectivity index (χ1n) is 6.09. The summed E-state index contributed by atoms with van der Waals surface area (Å²) in [5.74, 6) is -1.10. The Morgan fingerprint density at radius 1 is 1.45 bits per heavy atom. The lowest BCUT2D eigenvalue weighted by atomic mass is 10.0. The van der Waals surface area contributed by atoms with Crippen molar-refractivity contribution in [3.63, 3.8) is 0 Å². The second-order valence-corrected chi connectivity index (χ2v) is 5.85. The van der Waals surface area contributed by atoms with E-state index in [0.717, 1.165) is 6.42 Å². The Labute approximate surface area is 124 Å². The number of carbonyl (C=O) groups is 2. The van der Waals surface area contributed by atoms with Gasteiger partial charge in [0.2, 0.25) is 0 Å². The highest BCUT2D eigenvalue weighted by Gasteiger charge is 2.31. The zero-order chi connectivity index (χ0) is 14.8. The Morgan fingerprint density at radius 2 is 2.20 bits per heavy atom. The molecule has 0 radical (unpaired) electrons. The van der Waals surface area contributed by atoms with Crippen LogP contribution in [0.1, 0.15) is 23.7 Å². The highest BCUT2D eigenvalue weighted by molar-refractivity contribution is 9.10. The number of benzene rings is 1. The largest absolute Gasteiger partial charge is 0.478 e. The first kappa shape index (κ1) is 14.8. The summed E-state index contributed by atoms with van der Waals surface area (Å²) in [5, 5.41) is 14.5. The highest BCUT2D eigenvalue weighted by Crippen LogP contribution is 2.22. The minimum Gasteiger partial charge on any atom is -0.478 e. The normalized spacial score (nSPS) is 21.5. The van der Waals surface area contributed by atoms with Gasteiger partial charge in [-0.25, -0.2) is 9.59 Å². The fraction of sp³-hybridized carbons (Fsp3) is 0.385. The van der Waals surface area contributed by atoms with Gasteiger partial charge in [0, 0.05) is 11.1 Å². The number of carboxylic acids is 1. The molecular formula is C13H15BrN2O4. The molecule has 7 heteroatoms. The maximum Gasteiger partial charge on any atom is 0.337 e. The number of ether oxygens (including phenoxy) is 1. The van der Waals surface area contributed by atoms with E-state index < -0.39 is 17.5 Å². The zero-order valence-corrected chi connectivity index (χ0v) is 12.5. The molecule has 1 aromatic rings. The predicted octanol–water partition coefficient (Wildman–Crippen LogP) is 2.45. The van der Waals surface area contributed by atoms with Gasteiger partial charge in [0.05, 0.1) is 23.4 Å². The van der Waals surface area contributed by atoms with Crippen LogP contribution in [0.15, 0.2) is 22.7 Å². The van der Waals surface area contributed by atoms with Gasteiger partial charge in [0.25, 0.3) is 0 Å². The van der Waals surface area contributed by atoms with Crippen molar-refractivity contribution in [2.45, 2.75) is 18.9 Å². The minimum absolute atomic E-state index is 0.0300. The molecule has 1 fully saturated rings. The molecule has 0 spiro atoms. The fourth-order valence-electron chi connectivity index (χ4n) is 2.00. The van der Waals surface area contributed by atoms with Crippen LogP contribution in [0, 0.1) is 0 Å². The Bertz CT molecular complexity index is 541. The average Bonchev–Trinajstić information content (AvgIpc) is 2.77. The Morgan fingerprint density at radius 3 is 2.80 bits per heavy atom. The van der Waals surface area contributed by atoms with Crippen molar-refractivity contribution in [1.29, 1.82) is 0 Å². The quantitative estimate of drug-likeness (QED) is 0.787. The third-order valence-corrected chi connectivity index (χ3v) is 3.59. The number of aromatic carboxylic acids is 1. The summed E-state index contributed by atoms with van der Waals surface area (Å²) in [6, 6.07) is 4.21. The molecule has 3 N–H and O–H groups in total. The smallest absolute Gasteiger partial charge is 0.337 e. The van der Waals surface area contributed by atoms with Gasteiger partial charge in [-0.1, -0.05) is 15.9 Å². The number of carbonyl (C=O) groups excluding carboxylic acids is 1. The fourth-order valence-corrected chi connectivity index (χ4v) is 2.36. The van der Waals surface area contributed by atoms with Crippen LogP contribution in [0.25, 0.3) is 0 Å². The number of hydrogen-bond donors (Lipinski definition) is 3. The predicted molar refractivity (Wildman–Crippen MR) is 77.1 cm³/mol. The molecule has 2 rings (SSSR count). The topological polar surface area (TPSA) is 87.7 Å². The van der Waals surface area contributed by atoms with E-state index in [1.54, 1.807) is 12.1 Å². The molecular weight excluding hydrogens is 328 g/mol. The Balaban J connectivity index is 2.09. The minimum atomic E-state index is -1.10. The molecule has 1 saturated heterocycles. The van der Waals surface area contributed by atoms with E-state index in [0.29, 0.717) is 17.7 Å². The maximum absolute atomic E-state index is 12.0. The lowest BCUT2D eigenvalue weighted by molar-refractivity contribution is 0.0698. The number of halogens is 1. The monoisotopic (exact) mass is 342 g/mol. The second-order valence-electron chi connectivity index (χ2n) is 4.94. The van der Waals surface area contributed by atoms with Crippen LogP contribution < -0.4 is 10.6 Å². The van der Waals surface area contributed by atoms with Crippen LogP contribution in [-0.2, 0) is 4.74 Å². The number of amides is 2. The molecule has 1 aromatic carbocycles. The molecule has 0 saturated carbocycles. The van der Waals surface area contributed by atoms with Crippen molar-refractivity contribution in [1.82, 2.24) is 5.32 Å². The number of carboxylic acid groups (broad SMARTS) is 1. The van der Waals surface area contributed by atoms with E-state index in [2.05, 4.69) is 26.6 Å². The number of hydrogen-bond acceptors (Lipinski definition) is 3. The molecule has 1 unspecified atom stereocenters. The van der Waals surface area contributed by atoms with E-state index in [1.165, 1.54) is 6.07 Å². The van der Waals surface area contributed by atoms with Crippen molar-refractivity contribution in [2.24, 2.45) is 0 Å². The van der Waals surface area contributed by atoms with Crippen LogP contribution in [-0.4, -0.2) is 35.9 Å². The van der Waals surface area contributed by atoms with Gasteiger partial charge in [-0.3, -0.25) is 0 Å². The molecule has 0 aliphatic carbocycles. The molecule has 1 atom stereocenters. The summed E-state index contributed by atoms with van der Waals surface area (Å²) in [7, 11) is 0. The zero-order valence-electron chi connectivity index (χ0n) is 10.9. The van der Waals surface area contributed by atoms with E-state index in [-0.39, 0.29) is 11.3 Å². The first-order valence-corrected chi connectivity index (χ1v) is 6.89. The van der Waals surface area contributed by atoms with E-state index in [4.69, 9.17) is 9.84 Å². The van der Waals surface area contributed by atoms with Gasteiger partial charge < -0.3 is 20.5 Å². The van der Waals surface area contributed by atoms with Gasteiger partial charge in [-0.2, -0.15) is 0 Å². The van der Waals surface area contributed by atoms with Crippen molar-refractivity contribution in [3.05, 3.63) is 28.2 Å². The number of urea groups is 1. The molecule has 0 aromatic heterocycles. The third kappa shape index (κ3) is 3.49. The Kier molecular flexibility index (Phi) is 4.29. The van der Waals surface area contributed by atoms with Gasteiger partial charge >= 0.3 is 12.0 Å². The van der Waals surface area contributed by atoms with E-state index in [9.17, 15) is 9.59 Å². The molecule has 2 amide bonds. The van der Waals surface area contributed by atoms with Crippen LogP contribution >= 0.6 is 15.9 Å². The van der Waals surface area contributed by atoms with E-state index >= 15 is 0 Å². The van der Waals surface area contributed by atoms with Gasteiger partial charge in [0.15, 0.2) is 0 Å². The van der Waals surface area contributed by atoms with Gasteiger partial charge in [0.1, 0.15) is 0 Å². The summed E-state index contributed by atoms with van der Waals surface area (Å²) in [6.07, 6.45) is 0.729. The standard InChI is InChI=1S/C13H15BrN2O4/c1-13(4-5-20-7-13)16-12(19)15-10-3-2-8(14)6-9(10)11(17)18/h2-3,6H,4-5,7H2,1H3,(H,17,18)(H2,15,16,19). The highest BCUT2D eigenvalue weighted by atomic mass is 79.9. The van der Waals surface area contributed by atoms with Crippen molar-refractivity contribution < 1.29 is 19.4 Å². The van der Waals surface area contributed by atoms with Gasteiger partial charge in [-0.05, 0) is 31.5 Å². The lowest BCUT2D eigenvalue weighted by Gasteiger charge is -2.23. The summed E-state index contributed by atoms with van der Waals surface area (Å²) < 4.78 is 5.88. The summed E-state index contributed by atoms with van der Waals surface area (Å²) in [4.78, 5) is 23.1. The maximum atomic E-state index is 12.0. The summed E-state index contributed by atoms with van der Waals surface area (Å²) >= 11 is 3.20. The average molecular weight is 343 g/mol. The van der Waals surface area contributed by atoms with Crippen molar-refractivity contribution in [2.75, 3.05) is 18.5 Å². The summed E-state index contributed by atoms with van der Waals surface area (Å²) in [5.41, 5.74) is -0.133. The van der Waals surface area contributed by atoms with Crippen LogP contribution in [0.3, 0.4) is 0 Å². The molecule has 1 aliphatic rings. The van der Waals surface area contributed by atoms with Crippen LogP contribution in [0.2, 0.25) is 0 Å². The van der Waals surface area contributed by atoms with Crippen LogP contribution in [0.5, 0.6) is 0 Å². The molecule has 1 aliphatic heterocycles. The lowest BCUT2D eigenvalue weighted by Crippen LogP contribution is -2.48. The Hall–Kier alpha value is -1.60. The van der Waals surface area contributed by atoms with Gasteiger partial charge in [-0.15, -0.1) is 0 Å². The molecule has 1 heterocycles. The molecule has 108 valence electrons. The molecule has 20 heavy (non-hydrogen) atoms. The van der Waals surface area contributed by atoms with Crippen molar-refractivity contribution in [3.8, 4) is 0 Å². The SMILES string of the molecule is CC1(NC(=O)Nc2ccc(Br)cc2C(=O)O)CCOC1. The summed E-state index contributed by atoms with van der Waals surface area (Å²) in [6.45, 7) is 2.95. The van der Waals surface area contributed by atoms with E-state index in [1.807, 2.05) is 6.92 Å². The number of nitrogens with one attached hydrogen (secondary N) is 2. The number of rotatable bonds is 3. The first-order chi connectivity index (χ1) is 9.39. The van der Waals surface area contributed by atoms with Crippen LogP contribution in [0.4, 0.5) is 10.5 Å². The number of anilines is 1. The molecule has 0 bridgehead atoms. The second kappa shape index (κ2) is 5.80. The molecule has 6 nitrogen and oxygen atoms in total.